The number of carbonyl (C=O) groups excluding carboxylic acids is 1. The van der Waals surface area contributed by atoms with Gasteiger partial charge >= 0.3 is 12.2 Å². The molecule has 0 aliphatic carbocycles. The number of sulfonamides is 1. The van der Waals surface area contributed by atoms with Crippen molar-refractivity contribution in [3.8, 4) is 0 Å². The molecule has 0 fully saturated rings. The molecule has 122 valence electrons. The molecule has 7 nitrogen and oxygen atoms in total. The Morgan fingerprint density at radius 1 is 1.23 bits per heavy atom. The first-order chi connectivity index (χ1) is 10.0. The maximum atomic E-state index is 12.3. The monoisotopic (exact) mass is 338 g/mol. The first-order valence-electron chi connectivity index (χ1n) is 5.82. The van der Waals surface area contributed by atoms with Gasteiger partial charge in [0.25, 0.3) is 10.0 Å². The molecule has 0 radical (unpaired) electrons. The van der Waals surface area contributed by atoms with Gasteiger partial charge in [0.2, 0.25) is 0 Å². The van der Waals surface area contributed by atoms with E-state index >= 15 is 0 Å². The summed E-state index contributed by atoms with van der Waals surface area (Å²) in [7, 11) is -4.39. The molecule has 0 aromatic heterocycles. The Hall–Kier alpha value is -2.30. The van der Waals surface area contributed by atoms with Crippen molar-refractivity contribution in [1.29, 1.82) is 0 Å². The molecule has 11 heteroatoms. The van der Waals surface area contributed by atoms with Crippen LogP contribution in [0.1, 0.15) is 12.0 Å². The zero-order chi connectivity index (χ0) is 17.0. The van der Waals surface area contributed by atoms with Gasteiger partial charge in [-0.2, -0.15) is 18.2 Å². The van der Waals surface area contributed by atoms with Crippen molar-refractivity contribution in [2.75, 3.05) is 0 Å². The molecular weight excluding hydrogens is 325 g/mol. The number of guanidine groups is 1. The SMILES string of the molecule is NC(N)=NC(=O)NS(=O)(=O)c1ccccc1CCC(F)(F)F. The number of carbonyl (C=O) groups is 1. The molecule has 2 amide bonds. The van der Waals surface area contributed by atoms with Crippen molar-refractivity contribution < 1.29 is 26.4 Å². The van der Waals surface area contributed by atoms with Crippen LogP contribution >= 0.6 is 0 Å². The molecule has 0 spiro atoms. The summed E-state index contributed by atoms with van der Waals surface area (Å²) in [5.74, 6) is -0.655. The normalized spacial score (nSPS) is 11.8. The summed E-state index contributed by atoms with van der Waals surface area (Å²) < 4.78 is 62.3. The second-order valence-corrected chi connectivity index (χ2v) is 5.82. The van der Waals surface area contributed by atoms with Crippen LogP contribution in [0.5, 0.6) is 0 Å². The number of nitrogens with one attached hydrogen (secondary N) is 1. The van der Waals surface area contributed by atoms with Crippen LogP contribution in [0.2, 0.25) is 0 Å². The number of nitrogens with two attached hydrogens (primary N) is 2. The minimum atomic E-state index is -4.43. The van der Waals surface area contributed by atoms with E-state index in [0.29, 0.717) is 0 Å². The van der Waals surface area contributed by atoms with Crippen LogP contribution in [-0.4, -0.2) is 26.6 Å². The van der Waals surface area contributed by atoms with Gasteiger partial charge in [-0.05, 0) is 18.1 Å². The van der Waals surface area contributed by atoms with E-state index in [1.165, 1.54) is 18.2 Å². The molecule has 0 atom stereocenters. The first kappa shape index (κ1) is 17.8. The van der Waals surface area contributed by atoms with Gasteiger partial charge < -0.3 is 11.5 Å². The number of hydrogen-bond donors (Lipinski definition) is 3. The number of amides is 2. The molecule has 0 aliphatic heterocycles. The topological polar surface area (TPSA) is 128 Å². The number of aryl methyl sites for hydroxylation is 1. The second-order valence-electron chi connectivity index (χ2n) is 4.17. The lowest BCUT2D eigenvalue weighted by Crippen LogP contribution is -2.32. The van der Waals surface area contributed by atoms with Crippen molar-refractivity contribution in [2.24, 2.45) is 16.5 Å². The number of rotatable bonds is 4. The van der Waals surface area contributed by atoms with Crippen LogP contribution in [0, 0.1) is 0 Å². The van der Waals surface area contributed by atoms with Gasteiger partial charge in [0, 0.05) is 6.42 Å². The molecule has 0 aliphatic rings. The van der Waals surface area contributed by atoms with Crippen LogP contribution in [-0.2, 0) is 16.4 Å². The van der Waals surface area contributed by atoms with E-state index in [1.54, 1.807) is 4.72 Å². The second kappa shape index (κ2) is 6.64. The number of aliphatic imine (C=N–C) groups is 1. The van der Waals surface area contributed by atoms with Gasteiger partial charge in [0.1, 0.15) is 0 Å². The van der Waals surface area contributed by atoms with E-state index < -0.39 is 45.9 Å². The highest BCUT2D eigenvalue weighted by molar-refractivity contribution is 7.90. The number of hydrogen-bond acceptors (Lipinski definition) is 3. The van der Waals surface area contributed by atoms with E-state index in [9.17, 15) is 26.4 Å². The summed E-state index contributed by atoms with van der Waals surface area (Å²) in [6.45, 7) is 0. The van der Waals surface area contributed by atoms with Gasteiger partial charge in [-0.3, -0.25) is 0 Å². The third-order valence-corrected chi connectivity index (χ3v) is 3.81. The van der Waals surface area contributed by atoms with Crippen molar-refractivity contribution in [3.63, 3.8) is 0 Å². The van der Waals surface area contributed by atoms with E-state index in [1.807, 2.05) is 0 Å². The van der Waals surface area contributed by atoms with Gasteiger partial charge in [-0.1, -0.05) is 18.2 Å². The average Bonchev–Trinajstić information content (AvgIpc) is 2.34. The molecule has 0 saturated heterocycles. The highest BCUT2D eigenvalue weighted by atomic mass is 32.2. The van der Waals surface area contributed by atoms with Crippen LogP contribution in [0.25, 0.3) is 0 Å². The maximum Gasteiger partial charge on any atom is 0.389 e. The fraction of sp³-hybridized carbons (Fsp3) is 0.273. The van der Waals surface area contributed by atoms with E-state index in [-0.39, 0.29) is 5.56 Å². The molecular formula is C11H13F3N4O3S. The third kappa shape index (κ3) is 5.60. The Balaban J connectivity index is 3.05. The Labute approximate surface area is 124 Å². The highest BCUT2D eigenvalue weighted by Crippen LogP contribution is 2.25. The largest absolute Gasteiger partial charge is 0.389 e. The molecule has 0 heterocycles. The van der Waals surface area contributed by atoms with Crippen LogP contribution < -0.4 is 16.2 Å². The lowest BCUT2D eigenvalue weighted by molar-refractivity contribution is -0.134. The van der Waals surface area contributed by atoms with Gasteiger partial charge in [-0.25, -0.2) is 17.9 Å². The lowest BCUT2D eigenvalue weighted by atomic mass is 10.1. The van der Waals surface area contributed by atoms with Gasteiger partial charge in [0.05, 0.1) is 4.90 Å². The summed E-state index contributed by atoms with van der Waals surface area (Å²) in [5, 5.41) is 0. The summed E-state index contributed by atoms with van der Waals surface area (Å²) in [6.07, 6.45) is -6.17. The van der Waals surface area contributed by atoms with E-state index in [0.717, 1.165) is 6.07 Å². The third-order valence-electron chi connectivity index (χ3n) is 2.39. The Bertz CT molecular complexity index is 682. The molecule has 1 rings (SSSR count). The molecule has 1 aromatic rings. The molecule has 0 unspecified atom stereocenters. The minimum Gasteiger partial charge on any atom is -0.370 e. The molecule has 22 heavy (non-hydrogen) atoms. The maximum absolute atomic E-state index is 12.3. The average molecular weight is 338 g/mol. The summed E-state index contributed by atoms with van der Waals surface area (Å²) in [4.78, 5) is 13.8. The Morgan fingerprint density at radius 2 is 1.82 bits per heavy atom. The lowest BCUT2D eigenvalue weighted by Gasteiger charge is -2.11. The standard InChI is InChI=1S/C11H13F3N4O3S/c12-11(13,14)6-5-7-3-1-2-4-8(7)22(20,21)18-10(19)17-9(15)16/h1-4H,5-6H2,(H5,15,16,17,18,19). The fourth-order valence-electron chi connectivity index (χ4n) is 1.56. The molecule has 0 saturated carbocycles. The summed E-state index contributed by atoms with van der Waals surface area (Å²) in [5.41, 5.74) is 9.77. The zero-order valence-corrected chi connectivity index (χ0v) is 11.9. The highest BCUT2D eigenvalue weighted by Gasteiger charge is 2.28. The predicted octanol–water partition coefficient (Wildman–Crippen LogP) is 0.853. The van der Waals surface area contributed by atoms with Crippen molar-refractivity contribution >= 4 is 22.0 Å². The first-order valence-corrected chi connectivity index (χ1v) is 7.30. The van der Waals surface area contributed by atoms with E-state index in [2.05, 4.69) is 4.99 Å². The summed E-state index contributed by atoms with van der Waals surface area (Å²) in [6, 6.07) is 3.67. The number of alkyl halides is 3. The number of nitrogens with zero attached hydrogens (tertiary/aromatic N) is 1. The van der Waals surface area contributed by atoms with Crippen molar-refractivity contribution in [3.05, 3.63) is 29.8 Å². The summed E-state index contributed by atoms with van der Waals surface area (Å²) >= 11 is 0. The van der Waals surface area contributed by atoms with Crippen LogP contribution in [0.15, 0.2) is 34.2 Å². The molecule has 1 aromatic carbocycles. The number of benzene rings is 1. The number of urea groups is 1. The van der Waals surface area contributed by atoms with Crippen molar-refractivity contribution in [1.82, 2.24) is 4.72 Å². The Kier molecular flexibility index (Phi) is 5.36. The van der Waals surface area contributed by atoms with E-state index in [4.69, 9.17) is 11.5 Å². The van der Waals surface area contributed by atoms with Crippen LogP contribution in [0.3, 0.4) is 0 Å². The molecule has 5 N–H and O–H groups in total. The smallest absolute Gasteiger partial charge is 0.370 e. The Morgan fingerprint density at radius 3 is 2.36 bits per heavy atom. The van der Waals surface area contributed by atoms with Gasteiger partial charge in [-0.15, -0.1) is 0 Å². The molecule has 0 bridgehead atoms. The van der Waals surface area contributed by atoms with Crippen LogP contribution in [0.4, 0.5) is 18.0 Å². The predicted molar refractivity (Wildman–Crippen MR) is 72.3 cm³/mol. The fourth-order valence-corrected chi connectivity index (χ4v) is 2.72. The quantitative estimate of drug-likeness (QED) is 0.554. The van der Waals surface area contributed by atoms with Gasteiger partial charge in [0.15, 0.2) is 5.96 Å². The van der Waals surface area contributed by atoms with Crippen molar-refractivity contribution in [2.45, 2.75) is 23.9 Å². The zero-order valence-electron chi connectivity index (χ0n) is 11.1. The minimum absolute atomic E-state index is 0.0789. The number of halogens is 3.